The van der Waals surface area contributed by atoms with E-state index in [0.29, 0.717) is 6.42 Å². The van der Waals surface area contributed by atoms with Crippen LogP contribution in [0.2, 0.25) is 0 Å². The molecule has 1 saturated carbocycles. The Balaban J connectivity index is 1.74. The molecule has 98 valence electrons. The van der Waals surface area contributed by atoms with Gasteiger partial charge in [0.2, 0.25) is 5.91 Å². The molecule has 1 N–H and O–H groups in total. The van der Waals surface area contributed by atoms with Gasteiger partial charge in [0.25, 0.3) is 0 Å². The van der Waals surface area contributed by atoms with Crippen molar-refractivity contribution in [3.05, 3.63) is 0 Å². The van der Waals surface area contributed by atoms with Crippen molar-refractivity contribution < 1.29 is 9.53 Å². The van der Waals surface area contributed by atoms with Crippen molar-refractivity contribution in [2.24, 2.45) is 5.92 Å². The van der Waals surface area contributed by atoms with Gasteiger partial charge in [0.15, 0.2) is 0 Å². The molecule has 1 aliphatic carbocycles. The molecule has 0 radical (unpaired) electrons. The highest BCUT2D eigenvalue weighted by molar-refractivity contribution is 5.76. The molecule has 1 atom stereocenters. The van der Waals surface area contributed by atoms with E-state index in [1.807, 2.05) is 4.90 Å². The van der Waals surface area contributed by atoms with Gasteiger partial charge in [-0.3, -0.25) is 4.79 Å². The minimum Gasteiger partial charge on any atom is -0.375 e. The van der Waals surface area contributed by atoms with Crippen molar-refractivity contribution in [1.29, 1.82) is 0 Å². The van der Waals surface area contributed by atoms with Crippen molar-refractivity contribution in [2.45, 2.75) is 38.7 Å². The summed E-state index contributed by atoms with van der Waals surface area (Å²) in [5.41, 5.74) is 0. The summed E-state index contributed by atoms with van der Waals surface area (Å²) < 4.78 is 5.58. The standard InChI is InChI=1S/C13H24N2O2/c1-2-15(10-11-4-3-5-11)13(16)8-12-9-14-6-7-17-12/h11-12,14H,2-10H2,1H3. The zero-order chi connectivity index (χ0) is 12.1. The normalized spacial score (nSPS) is 25.4. The number of nitrogens with one attached hydrogen (secondary N) is 1. The lowest BCUT2D eigenvalue weighted by molar-refractivity contribution is -0.135. The SMILES string of the molecule is CCN(CC1CCC1)C(=O)CC1CNCCO1. The second kappa shape index (κ2) is 6.36. The predicted octanol–water partition coefficient (Wildman–Crippen LogP) is 1.01. The van der Waals surface area contributed by atoms with Gasteiger partial charge in [0, 0.05) is 26.2 Å². The number of rotatable bonds is 5. The molecule has 2 aliphatic rings. The van der Waals surface area contributed by atoms with E-state index >= 15 is 0 Å². The van der Waals surface area contributed by atoms with E-state index in [0.717, 1.165) is 38.7 Å². The Hall–Kier alpha value is -0.610. The fourth-order valence-corrected chi connectivity index (χ4v) is 2.47. The Morgan fingerprint density at radius 2 is 2.29 bits per heavy atom. The Bertz CT molecular complexity index is 248. The molecule has 1 saturated heterocycles. The smallest absolute Gasteiger partial charge is 0.225 e. The van der Waals surface area contributed by atoms with E-state index in [1.165, 1.54) is 19.3 Å². The first-order valence-electron chi connectivity index (χ1n) is 6.89. The van der Waals surface area contributed by atoms with Gasteiger partial charge in [-0.2, -0.15) is 0 Å². The van der Waals surface area contributed by atoms with Gasteiger partial charge < -0.3 is 15.0 Å². The molecule has 4 heteroatoms. The summed E-state index contributed by atoms with van der Waals surface area (Å²) in [6, 6.07) is 0. The van der Waals surface area contributed by atoms with E-state index < -0.39 is 0 Å². The lowest BCUT2D eigenvalue weighted by Gasteiger charge is -2.33. The van der Waals surface area contributed by atoms with Gasteiger partial charge in [-0.25, -0.2) is 0 Å². The number of carbonyl (C=O) groups excluding carboxylic acids is 1. The molecule has 0 aromatic carbocycles. The Labute approximate surface area is 104 Å². The first kappa shape index (κ1) is 12.8. The van der Waals surface area contributed by atoms with Crippen LogP contribution in [0.4, 0.5) is 0 Å². The van der Waals surface area contributed by atoms with Crippen molar-refractivity contribution in [3.8, 4) is 0 Å². The lowest BCUT2D eigenvalue weighted by atomic mass is 9.85. The molecule has 17 heavy (non-hydrogen) atoms. The van der Waals surface area contributed by atoms with Gasteiger partial charge in [-0.15, -0.1) is 0 Å². The number of amides is 1. The third kappa shape index (κ3) is 3.68. The molecule has 0 spiro atoms. The number of ether oxygens (including phenoxy) is 1. The average molecular weight is 240 g/mol. The molecular formula is C13H24N2O2. The topological polar surface area (TPSA) is 41.6 Å². The number of hydrogen-bond acceptors (Lipinski definition) is 3. The molecule has 2 fully saturated rings. The molecule has 1 heterocycles. The lowest BCUT2D eigenvalue weighted by Crippen LogP contribution is -2.44. The van der Waals surface area contributed by atoms with Crippen LogP contribution in [-0.2, 0) is 9.53 Å². The minimum absolute atomic E-state index is 0.0756. The highest BCUT2D eigenvalue weighted by Gasteiger charge is 2.25. The average Bonchev–Trinajstić information content (AvgIpc) is 2.29. The van der Waals surface area contributed by atoms with Gasteiger partial charge in [0.1, 0.15) is 0 Å². The number of morpholine rings is 1. The van der Waals surface area contributed by atoms with Crippen LogP contribution in [0.1, 0.15) is 32.6 Å². The summed E-state index contributed by atoms with van der Waals surface area (Å²) in [5.74, 6) is 1.01. The van der Waals surface area contributed by atoms with Crippen LogP contribution >= 0.6 is 0 Å². The van der Waals surface area contributed by atoms with Crippen molar-refractivity contribution in [3.63, 3.8) is 0 Å². The fraction of sp³-hybridized carbons (Fsp3) is 0.923. The van der Waals surface area contributed by atoms with E-state index in [2.05, 4.69) is 12.2 Å². The number of hydrogen-bond donors (Lipinski definition) is 1. The van der Waals surface area contributed by atoms with Crippen molar-refractivity contribution >= 4 is 5.91 Å². The van der Waals surface area contributed by atoms with Gasteiger partial charge in [0.05, 0.1) is 19.1 Å². The summed E-state index contributed by atoms with van der Waals surface area (Å²) >= 11 is 0. The predicted molar refractivity (Wildman–Crippen MR) is 66.8 cm³/mol. The summed E-state index contributed by atoms with van der Waals surface area (Å²) in [6.45, 7) is 6.30. The molecule has 1 amide bonds. The zero-order valence-electron chi connectivity index (χ0n) is 10.8. The molecule has 1 aliphatic heterocycles. The van der Waals surface area contributed by atoms with Crippen LogP contribution in [0.25, 0.3) is 0 Å². The largest absolute Gasteiger partial charge is 0.375 e. The summed E-state index contributed by atoms with van der Waals surface area (Å²) in [6.07, 6.45) is 4.54. The first-order valence-corrected chi connectivity index (χ1v) is 6.89. The quantitative estimate of drug-likeness (QED) is 0.780. The maximum absolute atomic E-state index is 12.1. The summed E-state index contributed by atoms with van der Waals surface area (Å²) in [7, 11) is 0. The Morgan fingerprint density at radius 3 is 2.82 bits per heavy atom. The minimum atomic E-state index is 0.0756. The Kier molecular flexibility index (Phi) is 4.80. The van der Waals surface area contributed by atoms with Crippen LogP contribution in [0.15, 0.2) is 0 Å². The molecule has 0 aromatic heterocycles. The molecule has 0 aromatic rings. The van der Waals surface area contributed by atoms with Crippen molar-refractivity contribution in [1.82, 2.24) is 10.2 Å². The van der Waals surface area contributed by atoms with Crippen LogP contribution in [0.5, 0.6) is 0 Å². The highest BCUT2D eigenvalue weighted by Crippen LogP contribution is 2.27. The van der Waals surface area contributed by atoms with Crippen LogP contribution in [-0.4, -0.2) is 49.7 Å². The molecular weight excluding hydrogens is 216 g/mol. The second-order valence-corrected chi connectivity index (χ2v) is 5.13. The maximum Gasteiger partial charge on any atom is 0.225 e. The summed E-state index contributed by atoms with van der Waals surface area (Å²) in [5, 5.41) is 3.26. The first-order chi connectivity index (χ1) is 8.29. The molecule has 4 nitrogen and oxygen atoms in total. The zero-order valence-corrected chi connectivity index (χ0v) is 10.8. The molecule has 0 bridgehead atoms. The molecule has 1 unspecified atom stereocenters. The maximum atomic E-state index is 12.1. The van der Waals surface area contributed by atoms with Gasteiger partial charge in [-0.1, -0.05) is 6.42 Å². The fourth-order valence-electron chi connectivity index (χ4n) is 2.47. The van der Waals surface area contributed by atoms with Gasteiger partial charge >= 0.3 is 0 Å². The third-order valence-electron chi connectivity index (χ3n) is 3.84. The second-order valence-electron chi connectivity index (χ2n) is 5.13. The number of nitrogens with zero attached hydrogens (tertiary/aromatic N) is 1. The number of carbonyl (C=O) groups is 1. The van der Waals surface area contributed by atoms with Crippen LogP contribution < -0.4 is 5.32 Å². The van der Waals surface area contributed by atoms with E-state index in [9.17, 15) is 4.79 Å². The Morgan fingerprint density at radius 1 is 1.47 bits per heavy atom. The summed E-state index contributed by atoms with van der Waals surface area (Å²) in [4.78, 5) is 14.1. The van der Waals surface area contributed by atoms with E-state index in [4.69, 9.17) is 4.74 Å². The van der Waals surface area contributed by atoms with Crippen LogP contribution in [0.3, 0.4) is 0 Å². The monoisotopic (exact) mass is 240 g/mol. The third-order valence-corrected chi connectivity index (χ3v) is 3.84. The van der Waals surface area contributed by atoms with Crippen molar-refractivity contribution in [2.75, 3.05) is 32.8 Å². The van der Waals surface area contributed by atoms with E-state index in [-0.39, 0.29) is 12.0 Å². The van der Waals surface area contributed by atoms with E-state index in [1.54, 1.807) is 0 Å². The van der Waals surface area contributed by atoms with Gasteiger partial charge in [-0.05, 0) is 25.7 Å². The highest BCUT2D eigenvalue weighted by atomic mass is 16.5. The molecule has 2 rings (SSSR count). The van der Waals surface area contributed by atoms with Crippen LogP contribution in [0, 0.1) is 5.92 Å².